The number of amides is 1. The molecule has 2 atom stereocenters. The standard InChI is InChI=1S/C21H33NO5/c1-6-7-8-15(2)14-22(20(26)27-21(3,4)5)18(19(24)25)13-16-9-11-17(23)12-10-16/h9-12,15,18,23H,6-8,13-14H2,1-5H3,(H,24,25)/t15-,18-/m0/s1. The zero-order valence-corrected chi connectivity index (χ0v) is 17.1. The Morgan fingerprint density at radius 3 is 2.26 bits per heavy atom. The molecule has 0 aromatic heterocycles. The number of phenols is 1. The van der Waals surface area contributed by atoms with Crippen molar-refractivity contribution in [2.45, 2.75) is 71.9 Å². The van der Waals surface area contributed by atoms with Crippen LogP contribution in [0, 0.1) is 5.92 Å². The second-order valence-electron chi connectivity index (χ2n) is 8.10. The van der Waals surface area contributed by atoms with E-state index in [0.29, 0.717) is 6.54 Å². The summed E-state index contributed by atoms with van der Waals surface area (Å²) in [5.74, 6) is -0.793. The van der Waals surface area contributed by atoms with E-state index in [1.54, 1.807) is 32.9 Å². The fourth-order valence-corrected chi connectivity index (χ4v) is 2.82. The van der Waals surface area contributed by atoms with Crippen LogP contribution in [0.5, 0.6) is 5.75 Å². The highest BCUT2D eigenvalue weighted by Gasteiger charge is 2.34. The van der Waals surface area contributed by atoms with Crippen molar-refractivity contribution < 1.29 is 24.5 Å². The maximum atomic E-state index is 12.8. The van der Waals surface area contributed by atoms with E-state index < -0.39 is 23.7 Å². The summed E-state index contributed by atoms with van der Waals surface area (Å²) < 4.78 is 5.48. The molecule has 2 N–H and O–H groups in total. The molecule has 0 bridgehead atoms. The van der Waals surface area contributed by atoms with Crippen LogP contribution in [-0.2, 0) is 16.0 Å². The highest BCUT2D eigenvalue weighted by molar-refractivity contribution is 5.80. The van der Waals surface area contributed by atoms with Gasteiger partial charge in [0.1, 0.15) is 17.4 Å². The Labute approximate surface area is 162 Å². The minimum absolute atomic E-state index is 0.114. The summed E-state index contributed by atoms with van der Waals surface area (Å²) in [6.07, 6.45) is 2.53. The molecule has 0 heterocycles. The van der Waals surface area contributed by atoms with Crippen LogP contribution >= 0.6 is 0 Å². The molecule has 1 aromatic rings. The van der Waals surface area contributed by atoms with Gasteiger partial charge < -0.3 is 14.9 Å². The average Bonchev–Trinajstić information content (AvgIpc) is 2.55. The zero-order valence-electron chi connectivity index (χ0n) is 17.1. The second-order valence-corrected chi connectivity index (χ2v) is 8.10. The molecule has 0 spiro atoms. The number of aromatic hydroxyl groups is 1. The smallest absolute Gasteiger partial charge is 0.411 e. The zero-order chi connectivity index (χ0) is 20.6. The summed E-state index contributed by atoms with van der Waals surface area (Å²) in [5, 5.41) is 19.2. The molecule has 0 aliphatic carbocycles. The Hall–Kier alpha value is -2.24. The lowest BCUT2D eigenvalue weighted by atomic mass is 10.0. The summed E-state index contributed by atoms with van der Waals surface area (Å²) >= 11 is 0. The predicted molar refractivity (Wildman–Crippen MR) is 105 cm³/mol. The SMILES string of the molecule is CCCC[C@H](C)CN(C(=O)OC(C)(C)C)[C@@H](Cc1ccc(O)cc1)C(=O)O. The first-order valence-corrected chi connectivity index (χ1v) is 9.53. The molecule has 0 radical (unpaired) electrons. The van der Waals surface area contributed by atoms with E-state index in [9.17, 15) is 19.8 Å². The van der Waals surface area contributed by atoms with Gasteiger partial charge in [-0.15, -0.1) is 0 Å². The lowest BCUT2D eigenvalue weighted by molar-refractivity contribution is -0.143. The first-order chi connectivity index (χ1) is 12.5. The van der Waals surface area contributed by atoms with Crippen molar-refractivity contribution in [1.82, 2.24) is 4.90 Å². The van der Waals surface area contributed by atoms with E-state index in [2.05, 4.69) is 6.92 Å². The van der Waals surface area contributed by atoms with Crippen LogP contribution in [-0.4, -0.2) is 45.4 Å². The lowest BCUT2D eigenvalue weighted by Crippen LogP contribution is -2.50. The van der Waals surface area contributed by atoms with Gasteiger partial charge in [0, 0.05) is 13.0 Å². The lowest BCUT2D eigenvalue weighted by Gasteiger charge is -2.33. The van der Waals surface area contributed by atoms with Crippen molar-refractivity contribution in [3.8, 4) is 5.75 Å². The largest absolute Gasteiger partial charge is 0.508 e. The van der Waals surface area contributed by atoms with E-state index in [1.807, 2.05) is 6.92 Å². The van der Waals surface area contributed by atoms with Gasteiger partial charge in [-0.3, -0.25) is 4.90 Å². The Bertz CT molecular complexity index is 606. The van der Waals surface area contributed by atoms with Gasteiger partial charge in [-0.05, 0) is 50.8 Å². The summed E-state index contributed by atoms with van der Waals surface area (Å²) in [6.45, 7) is 9.73. The van der Waals surface area contributed by atoms with Crippen molar-refractivity contribution in [2.24, 2.45) is 5.92 Å². The number of phenolic OH excluding ortho intramolecular Hbond substituents is 1. The number of hydrogen-bond donors (Lipinski definition) is 2. The molecule has 0 saturated carbocycles. The third-order valence-corrected chi connectivity index (χ3v) is 4.21. The van der Waals surface area contributed by atoms with Crippen LogP contribution in [0.25, 0.3) is 0 Å². The van der Waals surface area contributed by atoms with E-state index >= 15 is 0 Å². The monoisotopic (exact) mass is 379 g/mol. The maximum Gasteiger partial charge on any atom is 0.411 e. The molecule has 1 aromatic carbocycles. The van der Waals surface area contributed by atoms with Crippen LogP contribution in [0.4, 0.5) is 4.79 Å². The van der Waals surface area contributed by atoms with Crippen LogP contribution in [0.1, 0.15) is 59.4 Å². The minimum Gasteiger partial charge on any atom is -0.508 e. The Morgan fingerprint density at radius 2 is 1.78 bits per heavy atom. The van der Waals surface area contributed by atoms with Crippen molar-refractivity contribution in [2.75, 3.05) is 6.54 Å². The van der Waals surface area contributed by atoms with Crippen molar-refractivity contribution in [3.63, 3.8) is 0 Å². The minimum atomic E-state index is -1.07. The number of hydrogen-bond acceptors (Lipinski definition) is 4. The number of unbranched alkanes of at least 4 members (excludes halogenated alkanes) is 1. The highest BCUT2D eigenvalue weighted by Crippen LogP contribution is 2.20. The molecular formula is C21H33NO5. The molecule has 0 unspecified atom stereocenters. The molecule has 0 saturated heterocycles. The first-order valence-electron chi connectivity index (χ1n) is 9.53. The van der Waals surface area contributed by atoms with Crippen LogP contribution in [0.15, 0.2) is 24.3 Å². The molecule has 0 fully saturated rings. The van der Waals surface area contributed by atoms with Gasteiger partial charge in [-0.2, -0.15) is 0 Å². The number of carboxylic acid groups (broad SMARTS) is 1. The Kier molecular flexibility index (Phi) is 8.60. The maximum absolute atomic E-state index is 12.8. The van der Waals surface area contributed by atoms with Crippen LogP contribution in [0.3, 0.4) is 0 Å². The number of carbonyl (C=O) groups is 2. The third-order valence-electron chi connectivity index (χ3n) is 4.21. The average molecular weight is 379 g/mol. The molecule has 1 rings (SSSR count). The number of carboxylic acids is 1. The van der Waals surface area contributed by atoms with Gasteiger partial charge in [0.05, 0.1) is 0 Å². The molecule has 1 amide bonds. The number of benzene rings is 1. The molecule has 6 nitrogen and oxygen atoms in total. The summed E-state index contributed by atoms with van der Waals surface area (Å²) in [4.78, 5) is 26.1. The summed E-state index contributed by atoms with van der Waals surface area (Å²) in [6, 6.07) is 5.32. The molecule has 0 aliphatic heterocycles. The van der Waals surface area contributed by atoms with E-state index in [-0.39, 0.29) is 18.1 Å². The predicted octanol–water partition coefficient (Wildman–Crippen LogP) is 4.45. The van der Waals surface area contributed by atoms with Crippen LogP contribution < -0.4 is 0 Å². The van der Waals surface area contributed by atoms with Crippen molar-refractivity contribution >= 4 is 12.1 Å². The number of ether oxygens (including phenoxy) is 1. The normalized spacial score (nSPS) is 13.7. The number of carbonyl (C=O) groups excluding carboxylic acids is 1. The molecule has 0 aliphatic rings. The van der Waals surface area contributed by atoms with Gasteiger partial charge in [-0.25, -0.2) is 9.59 Å². The fraction of sp³-hybridized carbons (Fsp3) is 0.619. The first kappa shape index (κ1) is 22.8. The van der Waals surface area contributed by atoms with Gasteiger partial charge in [-0.1, -0.05) is 38.8 Å². The third kappa shape index (κ3) is 8.33. The van der Waals surface area contributed by atoms with Crippen LogP contribution in [0.2, 0.25) is 0 Å². The molecule has 152 valence electrons. The molecular weight excluding hydrogens is 346 g/mol. The number of nitrogens with zero attached hydrogens (tertiary/aromatic N) is 1. The molecule has 6 heteroatoms. The van der Waals surface area contributed by atoms with Gasteiger partial charge in [0.2, 0.25) is 0 Å². The topological polar surface area (TPSA) is 87.1 Å². The second kappa shape index (κ2) is 10.2. The van der Waals surface area contributed by atoms with E-state index in [1.165, 1.54) is 17.0 Å². The van der Waals surface area contributed by atoms with Crippen molar-refractivity contribution in [3.05, 3.63) is 29.8 Å². The Balaban J connectivity index is 3.06. The van der Waals surface area contributed by atoms with Gasteiger partial charge >= 0.3 is 12.1 Å². The quantitative estimate of drug-likeness (QED) is 0.662. The van der Waals surface area contributed by atoms with Gasteiger partial charge in [0.15, 0.2) is 0 Å². The fourth-order valence-electron chi connectivity index (χ4n) is 2.82. The number of aliphatic carboxylic acids is 1. The van der Waals surface area contributed by atoms with E-state index in [4.69, 9.17) is 4.74 Å². The van der Waals surface area contributed by atoms with Crippen molar-refractivity contribution in [1.29, 1.82) is 0 Å². The summed E-state index contributed by atoms with van der Waals surface area (Å²) in [7, 11) is 0. The highest BCUT2D eigenvalue weighted by atomic mass is 16.6. The summed E-state index contributed by atoms with van der Waals surface area (Å²) in [5.41, 5.74) is 0.0267. The van der Waals surface area contributed by atoms with Gasteiger partial charge in [0.25, 0.3) is 0 Å². The number of rotatable bonds is 9. The van der Waals surface area contributed by atoms with E-state index in [0.717, 1.165) is 24.8 Å². The Morgan fingerprint density at radius 1 is 1.19 bits per heavy atom. The molecule has 27 heavy (non-hydrogen) atoms.